The number of anilines is 1. The molecule has 2 aromatic rings. The van der Waals surface area contributed by atoms with Crippen molar-refractivity contribution in [1.29, 1.82) is 0 Å². The molecule has 0 aromatic heterocycles. The quantitative estimate of drug-likeness (QED) is 0.837. The third-order valence-corrected chi connectivity index (χ3v) is 3.64. The van der Waals surface area contributed by atoms with Crippen molar-refractivity contribution in [2.45, 2.75) is 19.5 Å². The van der Waals surface area contributed by atoms with E-state index in [1.165, 1.54) is 23.3 Å². The monoisotopic (exact) mass is 256 g/mol. The van der Waals surface area contributed by atoms with Crippen molar-refractivity contribution in [3.63, 3.8) is 0 Å². The first-order chi connectivity index (χ1) is 9.20. The summed E-state index contributed by atoms with van der Waals surface area (Å²) in [5, 5.41) is 0. The van der Waals surface area contributed by atoms with Gasteiger partial charge in [0, 0.05) is 25.3 Å². The number of nitrogen functional groups attached to an aromatic ring is 1. The van der Waals surface area contributed by atoms with Crippen LogP contribution in [-0.2, 0) is 19.5 Å². The van der Waals surface area contributed by atoms with Gasteiger partial charge in [0.15, 0.2) is 0 Å². The lowest BCUT2D eigenvalue weighted by Crippen LogP contribution is -2.30. The Balaban J connectivity index is 1.73. The lowest BCUT2D eigenvalue weighted by atomic mass is 9.99. The number of halogens is 1. The normalized spacial score (nSPS) is 15.2. The minimum atomic E-state index is -0.180. The second kappa shape index (κ2) is 5.02. The number of hydrogen-bond donors (Lipinski definition) is 1. The number of benzene rings is 2. The van der Waals surface area contributed by atoms with Gasteiger partial charge in [-0.15, -0.1) is 0 Å². The lowest BCUT2D eigenvalue weighted by Gasteiger charge is -2.29. The van der Waals surface area contributed by atoms with E-state index in [-0.39, 0.29) is 5.82 Å². The van der Waals surface area contributed by atoms with Crippen LogP contribution in [0.1, 0.15) is 16.7 Å². The van der Waals surface area contributed by atoms with Crippen LogP contribution in [0.2, 0.25) is 0 Å². The van der Waals surface area contributed by atoms with Crippen molar-refractivity contribution in [2.24, 2.45) is 0 Å². The Morgan fingerprint density at radius 1 is 1.05 bits per heavy atom. The zero-order valence-corrected chi connectivity index (χ0v) is 10.8. The molecule has 2 nitrogen and oxygen atoms in total. The Morgan fingerprint density at radius 3 is 2.63 bits per heavy atom. The fourth-order valence-electron chi connectivity index (χ4n) is 2.62. The summed E-state index contributed by atoms with van der Waals surface area (Å²) in [6, 6.07) is 12.9. The van der Waals surface area contributed by atoms with Crippen LogP contribution in [0.15, 0.2) is 42.5 Å². The molecule has 0 spiro atoms. The summed E-state index contributed by atoms with van der Waals surface area (Å²) in [5.74, 6) is -0.180. The SMILES string of the molecule is Nc1ccc2c(c1)CN(Cc1ccc(F)cc1)CC2. The molecular weight excluding hydrogens is 239 g/mol. The second-order valence-corrected chi connectivity index (χ2v) is 5.12. The summed E-state index contributed by atoms with van der Waals surface area (Å²) < 4.78 is 12.9. The van der Waals surface area contributed by atoms with E-state index in [0.29, 0.717) is 0 Å². The molecule has 0 unspecified atom stereocenters. The molecular formula is C16H17FN2. The molecule has 19 heavy (non-hydrogen) atoms. The third kappa shape index (κ3) is 2.76. The standard InChI is InChI=1S/C16H17FN2/c17-15-4-1-12(2-5-15)10-19-8-7-13-3-6-16(18)9-14(13)11-19/h1-6,9H,7-8,10-11,18H2. The van der Waals surface area contributed by atoms with Crippen LogP contribution in [0.25, 0.3) is 0 Å². The van der Waals surface area contributed by atoms with Gasteiger partial charge in [-0.2, -0.15) is 0 Å². The minimum Gasteiger partial charge on any atom is -0.399 e. The molecule has 1 heterocycles. The highest BCUT2D eigenvalue weighted by atomic mass is 19.1. The molecule has 3 heteroatoms. The molecule has 98 valence electrons. The van der Waals surface area contributed by atoms with E-state index in [9.17, 15) is 4.39 Å². The van der Waals surface area contributed by atoms with Crippen LogP contribution in [0.3, 0.4) is 0 Å². The number of fused-ring (bicyclic) bond motifs is 1. The first-order valence-corrected chi connectivity index (χ1v) is 6.55. The maximum atomic E-state index is 12.9. The minimum absolute atomic E-state index is 0.180. The van der Waals surface area contributed by atoms with Gasteiger partial charge in [0.1, 0.15) is 5.82 Å². The molecule has 0 radical (unpaired) electrons. The molecule has 0 atom stereocenters. The molecule has 0 saturated carbocycles. The summed E-state index contributed by atoms with van der Waals surface area (Å²) in [7, 11) is 0. The lowest BCUT2D eigenvalue weighted by molar-refractivity contribution is 0.245. The Morgan fingerprint density at radius 2 is 1.84 bits per heavy atom. The maximum Gasteiger partial charge on any atom is 0.123 e. The van der Waals surface area contributed by atoms with Crippen LogP contribution in [0.5, 0.6) is 0 Å². The highest BCUT2D eigenvalue weighted by Crippen LogP contribution is 2.22. The van der Waals surface area contributed by atoms with Crippen LogP contribution >= 0.6 is 0 Å². The Hall–Kier alpha value is -1.87. The average Bonchev–Trinajstić information content (AvgIpc) is 2.41. The topological polar surface area (TPSA) is 29.3 Å². The van der Waals surface area contributed by atoms with E-state index >= 15 is 0 Å². The molecule has 3 rings (SSSR count). The first kappa shape index (κ1) is 12.2. The summed E-state index contributed by atoms with van der Waals surface area (Å²) in [5.41, 5.74) is 10.5. The highest BCUT2D eigenvalue weighted by Gasteiger charge is 2.16. The largest absolute Gasteiger partial charge is 0.399 e. The Bertz CT molecular complexity index is 578. The van der Waals surface area contributed by atoms with Gasteiger partial charge in [-0.25, -0.2) is 4.39 Å². The van der Waals surface area contributed by atoms with E-state index in [1.54, 1.807) is 0 Å². The molecule has 0 saturated heterocycles. The van der Waals surface area contributed by atoms with Gasteiger partial charge >= 0.3 is 0 Å². The van der Waals surface area contributed by atoms with Gasteiger partial charge < -0.3 is 5.73 Å². The molecule has 2 aromatic carbocycles. The average molecular weight is 256 g/mol. The number of rotatable bonds is 2. The van der Waals surface area contributed by atoms with Gasteiger partial charge in [-0.1, -0.05) is 18.2 Å². The fraction of sp³-hybridized carbons (Fsp3) is 0.250. The van der Waals surface area contributed by atoms with Gasteiger partial charge in [-0.3, -0.25) is 4.90 Å². The van der Waals surface area contributed by atoms with E-state index in [0.717, 1.165) is 37.3 Å². The van der Waals surface area contributed by atoms with Gasteiger partial charge in [0.25, 0.3) is 0 Å². The van der Waals surface area contributed by atoms with Crippen molar-refractivity contribution >= 4 is 5.69 Å². The molecule has 1 aliphatic heterocycles. The number of hydrogen-bond acceptors (Lipinski definition) is 2. The summed E-state index contributed by atoms with van der Waals surface area (Å²) in [6.07, 6.45) is 1.05. The molecule has 2 N–H and O–H groups in total. The van der Waals surface area contributed by atoms with Crippen molar-refractivity contribution in [3.05, 3.63) is 65.0 Å². The van der Waals surface area contributed by atoms with Crippen molar-refractivity contribution in [2.75, 3.05) is 12.3 Å². The van der Waals surface area contributed by atoms with E-state index in [1.807, 2.05) is 18.2 Å². The van der Waals surface area contributed by atoms with Gasteiger partial charge in [-0.05, 0) is 47.4 Å². The van der Waals surface area contributed by atoms with Crippen LogP contribution in [-0.4, -0.2) is 11.4 Å². The van der Waals surface area contributed by atoms with Gasteiger partial charge in [0.2, 0.25) is 0 Å². The van der Waals surface area contributed by atoms with Crippen LogP contribution in [0.4, 0.5) is 10.1 Å². The predicted octanol–water partition coefficient (Wildman–Crippen LogP) is 2.97. The molecule has 0 bridgehead atoms. The molecule has 0 amide bonds. The van der Waals surface area contributed by atoms with E-state index in [4.69, 9.17) is 5.73 Å². The third-order valence-electron chi connectivity index (χ3n) is 3.64. The van der Waals surface area contributed by atoms with Crippen LogP contribution < -0.4 is 5.73 Å². The predicted molar refractivity (Wildman–Crippen MR) is 75.1 cm³/mol. The van der Waals surface area contributed by atoms with Gasteiger partial charge in [0.05, 0.1) is 0 Å². The first-order valence-electron chi connectivity index (χ1n) is 6.55. The van der Waals surface area contributed by atoms with Crippen molar-refractivity contribution < 1.29 is 4.39 Å². The fourth-order valence-corrected chi connectivity index (χ4v) is 2.62. The summed E-state index contributed by atoms with van der Waals surface area (Å²) >= 11 is 0. The molecule has 0 fully saturated rings. The maximum absolute atomic E-state index is 12.9. The zero-order valence-electron chi connectivity index (χ0n) is 10.8. The molecule has 1 aliphatic rings. The zero-order chi connectivity index (χ0) is 13.2. The molecule has 0 aliphatic carbocycles. The highest BCUT2D eigenvalue weighted by molar-refractivity contribution is 5.45. The van der Waals surface area contributed by atoms with Crippen LogP contribution in [0, 0.1) is 5.82 Å². The smallest absolute Gasteiger partial charge is 0.123 e. The second-order valence-electron chi connectivity index (χ2n) is 5.12. The number of nitrogens with two attached hydrogens (primary N) is 1. The Labute approximate surface area is 112 Å². The van der Waals surface area contributed by atoms with Crippen molar-refractivity contribution in [1.82, 2.24) is 4.90 Å². The van der Waals surface area contributed by atoms with E-state index < -0.39 is 0 Å². The summed E-state index contributed by atoms with van der Waals surface area (Å²) in [4.78, 5) is 2.37. The Kier molecular flexibility index (Phi) is 3.22. The van der Waals surface area contributed by atoms with E-state index in [2.05, 4.69) is 17.0 Å². The number of nitrogens with zero attached hydrogens (tertiary/aromatic N) is 1. The summed E-state index contributed by atoms with van der Waals surface area (Å²) in [6.45, 7) is 2.81. The van der Waals surface area contributed by atoms with Crippen molar-refractivity contribution in [3.8, 4) is 0 Å².